The highest BCUT2D eigenvalue weighted by molar-refractivity contribution is 5.75. The van der Waals surface area contributed by atoms with Gasteiger partial charge in [-0.15, -0.1) is 0 Å². The summed E-state index contributed by atoms with van der Waals surface area (Å²) in [5.41, 5.74) is -1.48. The first-order valence-corrected chi connectivity index (χ1v) is 6.27. The molecule has 0 atom stereocenters. The van der Waals surface area contributed by atoms with E-state index in [9.17, 15) is 27.2 Å². The van der Waals surface area contributed by atoms with E-state index in [2.05, 4.69) is 0 Å². The maximum Gasteiger partial charge on any atom is 0.419 e. The monoisotopic (exact) mass is 306 g/mol. The molecule has 7 heteroatoms. The quantitative estimate of drug-likeness (QED) is 0.346. The highest BCUT2D eigenvalue weighted by atomic mass is 19.4. The number of ketones is 1. The van der Waals surface area contributed by atoms with Gasteiger partial charge in [0.15, 0.2) is 0 Å². The van der Waals surface area contributed by atoms with E-state index in [0.29, 0.717) is 31.4 Å². The Morgan fingerprint density at radius 3 is 2.33 bits per heavy atom. The summed E-state index contributed by atoms with van der Waals surface area (Å²) in [5.74, 6) is -2.51. The van der Waals surface area contributed by atoms with Crippen LogP contribution in [0.1, 0.15) is 38.2 Å². The molecule has 0 fully saturated rings. The predicted octanol–water partition coefficient (Wildman–Crippen LogP) is 3.90. The molecular formula is C14H14F4O3. The number of rotatable bonds is 6. The minimum Gasteiger partial charge on any atom is -0.427 e. The van der Waals surface area contributed by atoms with Gasteiger partial charge in [-0.2, -0.15) is 13.2 Å². The van der Waals surface area contributed by atoms with Gasteiger partial charge >= 0.3 is 12.1 Å². The van der Waals surface area contributed by atoms with Crippen molar-refractivity contribution in [3.63, 3.8) is 0 Å². The molecule has 3 nitrogen and oxygen atoms in total. The van der Waals surface area contributed by atoms with Gasteiger partial charge in [-0.3, -0.25) is 4.79 Å². The third-order valence-electron chi connectivity index (χ3n) is 2.63. The standard InChI is InChI=1S/C14H14F4O3/c1-9(19)4-2-3-5-13(20)21-10-6-7-12(15)11(8-10)14(16,17)18/h6-8H,2-5H2,1H3. The highest BCUT2D eigenvalue weighted by Gasteiger charge is 2.34. The smallest absolute Gasteiger partial charge is 0.419 e. The van der Waals surface area contributed by atoms with Crippen molar-refractivity contribution in [1.82, 2.24) is 0 Å². The van der Waals surface area contributed by atoms with Gasteiger partial charge in [0, 0.05) is 12.8 Å². The van der Waals surface area contributed by atoms with Crippen LogP contribution in [0.15, 0.2) is 18.2 Å². The van der Waals surface area contributed by atoms with Crippen molar-refractivity contribution in [1.29, 1.82) is 0 Å². The van der Waals surface area contributed by atoms with Crippen molar-refractivity contribution < 1.29 is 31.9 Å². The van der Waals surface area contributed by atoms with E-state index in [1.54, 1.807) is 0 Å². The topological polar surface area (TPSA) is 43.4 Å². The van der Waals surface area contributed by atoms with Crippen molar-refractivity contribution >= 4 is 11.8 Å². The summed E-state index contributed by atoms with van der Waals surface area (Å²) in [7, 11) is 0. The minimum absolute atomic E-state index is 0.00304. The molecule has 0 aromatic heterocycles. The maximum absolute atomic E-state index is 13.0. The molecule has 0 amide bonds. The fourth-order valence-corrected chi connectivity index (χ4v) is 1.61. The molecule has 1 rings (SSSR count). The summed E-state index contributed by atoms with van der Waals surface area (Å²) in [4.78, 5) is 22.1. The van der Waals surface area contributed by atoms with Gasteiger partial charge in [0.05, 0.1) is 5.56 Å². The number of unbranched alkanes of at least 4 members (excludes halogenated alkanes) is 1. The van der Waals surface area contributed by atoms with Crippen LogP contribution in [-0.4, -0.2) is 11.8 Å². The Hall–Kier alpha value is -1.92. The molecule has 21 heavy (non-hydrogen) atoms. The van der Waals surface area contributed by atoms with E-state index in [4.69, 9.17) is 4.74 Å². The van der Waals surface area contributed by atoms with E-state index in [1.165, 1.54) is 6.92 Å². The molecule has 0 aliphatic heterocycles. The van der Waals surface area contributed by atoms with Crippen LogP contribution in [0.3, 0.4) is 0 Å². The van der Waals surface area contributed by atoms with Gasteiger partial charge in [0.2, 0.25) is 0 Å². The van der Waals surface area contributed by atoms with E-state index < -0.39 is 23.5 Å². The largest absolute Gasteiger partial charge is 0.427 e. The van der Waals surface area contributed by atoms with Crippen LogP contribution in [-0.2, 0) is 15.8 Å². The lowest BCUT2D eigenvalue weighted by atomic mass is 10.1. The number of carbonyl (C=O) groups excluding carboxylic acids is 2. The van der Waals surface area contributed by atoms with E-state index in [-0.39, 0.29) is 18.0 Å². The molecule has 1 aromatic carbocycles. The van der Waals surface area contributed by atoms with Crippen LogP contribution < -0.4 is 4.74 Å². The number of carbonyl (C=O) groups is 2. The third kappa shape index (κ3) is 5.93. The van der Waals surface area contributed by atoms with E-state index >= 15 is 0 Å². The van der Waals surface area contributed by atoms with Crippen molar-refractivity contribution in [2.24, 2.45) is 0 Å². The Bertz CT molecular complexity index is 523. The van der Waals surface area contributed by atoms with E-state index in [0.717, 1.165) is 6.07 Å². The zero-order chi connectivity index (χ0) is 16.0. The Morgan fingerprint density at radius 2 is 1.76 bits per heavy atom. The summed E-state index contributed by atoms with van der Waals surface area (Å²) >= 11 is 0. The molecule has 0 aliphatic carbocycles. The Balaban J connectivity index is 2.59. The van der Waals surface area contributed by atoms with Crippen LogP contribution in [0.25, 0.3) is 0 Å². The summed E-state index contributed by atoms with van der Waals surface area (Å²) in [6.07, 6.45) is -3.64. The van der Waals surface area contributed by atoms with Gasteiger partial charge in [-0.05, 0) is 38.0 Å². The first-order chi connectivity index (χ1) is 9.70. The molecule has 0 saturated carbocycles. The Labute approximate surface area is 118 Å². The molecule has 116 valence electrons. The molecule has 0 saturated heterocycles. The van der Waals surface area contributed by atoms with Crippen LogP contribution in [0.4, 0.5) is 17.6 Å². The zero-order valence-electron chi connectivity index (χ0n) is 11.3. The second kappa shape index (κ2) is 7.19. The van der Waals surface area contributed by atoms with Crippen LogP contribution in [0.5, 0.6) is 5.75 Å². The van der Waals surface area contributed by atoms with Crippen molar-refractivity contribution in [3.05, 3.63) is 29.6 Å². The van der Waals surface area contributed by atoms with Crippen molar-refractivity contribution in [2.45, 2.75) is 38.8 Å². The average Bonchev–Trinajstić information content (AvgIpc) is 2.35. The molecule has 0 N–H and O–H groups in total. The normalized spacial score (nSPS) is 11.3. The molecule has 0 unspecified atom stereocenters. The van der Waals surface area contributed by atoms with Gasteiger partial charge in [-0.1, -0.05) is 0 Å². The second-order valence-electron chi connectivity index (χ2n) is 4.52. The number of alkyl halides is 3. The first-order valence-electron chi connectivity index (χ1n) is 6.27. The number of esters is 1. The number of benzene rings is 1. The fraction of sp³-hybridized carbons (Fsp3) is 0.429. The lowest BCUT2D eigenvalue weighted by molar-refractivity contribution is -0.141. The zero-order valence-corrected chi connectivity index (χ0v) is 11.3. The SMILES string of the molecule is CC(=O)CCCCC(=O)Oc1ccc(F)c(C(F)(F)F)c1. The summed E-state index contributed by atoms with van der Waals surface area (Å²) in [5, 5.41) is 0. The number of Topliss-reactive ketones (excluding diaryl/α,β-unsaturated/α-hetero) is 1. The van der Waals surface area contributed by atoms with Gasteiger partial charge in [0.1, 0.15) is 17.3 Å². The lowest BCUT2D eigenvalue weighted by Gasteiger charge is -2.10. The minimum atomic E-state index is -4.85. The number of hydrogen-bond acceptors (Lipinski definition) is 3. The Kier molecular flexibility index (Phi) is 5.87. The van der Waals surface area contributed by atoms with Gasteiger partial charge < -0.3 is 9.53 Å². The van der Waals surface area contributed by atoms with E-state index in [1.807, 2.05) is 0 Å². The van der Waals surface area contributed by atoms with Crippen LogP contribution >= 0.6 is 0 Å². The predicted molar refractivity (Wildman–Crippen MR) is 66.2 cm³/mol. The maximum atomic E-state index is 13.0. The summed E-state index contributed by atoms with van der Waals surface area (Å²) < 4.78 is 55.2. The second-order valence-corrected chi connectivity index (χ2v) is 4.52. The van der Waals surface area contributed by atoms with Crippen LogP contribution in [0, 0.1) is 5.82 Å². The van der Waals surface area contributed by atoms with Gasteiger partial charge in [0.25, 0.3) is 0 Å². The Morgan fingerprint density at radius 1 is 1.14 bits per heavy atom. The lowest BCUT2D eigenvalue weighted by Crippen LogP contribution is -2.11. The molecule has 0 radical (unpaired) electrons. The molecular weight excluding hydrogens is 292 g/mol. The fourth-order valence-electron chi connectivity index (χ4n) is 1.61. The number of ether oxygens (including phenoxy) is 1. The van der Waals surface area contributed by atoms with Crippen molar-refractivity contribution in [3.8, 4) is 5.75 Å². The average molecular weight is 306 g/mol. The molecule has 0 aliphatic rings. The summed E-state index contributed by atoms with van der Waals surface area (Å²) in [6.45, 7) is 1.43. The molecule has 0 spiro atoms. The number of halogens is 4. The number of hydrogen-bond donors (Lipinski definition) is 0. The summed E-state index contributed by atoms with van der Waals surface area (Å²) in [6, 6.07) is 2.00. The molecule has 0 heterocycles. The van der Waals surface area contributed by atoms with Crippen molar-refractivity contribution in [2.75, 3.05) is 0 Å². The van der Waals surface area contributed by atoms with Gasteiger partial charge in [-0.25, -0.2) is 4.39 Å². The highest BCUT2D eigenvalue weighted by Crippen LogP contribution is 2.33. The third-order valence-corrected chi connectivity index (χ3v) is 2.63. The molecule has 1 aromatic rings. The first kappa shape index (κ1) is 17.1. The molecule has 0 bridgehead atoms. The van der Waals surface area contributed by atoms with Crippen LogP contribution in [0.2, 0.25) is 0 Å².